The average molecular weight is 352 g/mol. The van der Waals surface area contributed by atoms with Crippen LogP contribution in [0, 0.1) is 0 Å². The van der Waals surface area contributed by atoms with Gasteiger partial charge in [-0.3, -0.25) is 0 Å². The van der Waals surface area contributed by atoms with Crippen LogP contribution >= 0.6 is 11.3 Å². The van der Waals surface area contributed by atoms with Gasteiger partial charge in [0, 0.05) is 27.6 Å². The molecule has 0 aliphatic carbocycles. The molecule has 24 heavy (non-hydrogen) atoms. The zero-order chi connectivity index (χ0) is 17.5. The zero-order valence-corrected chi connectivity index (χ0v) is 15.2. The second-order valence-corrected chi connectivity index (χ2v) is 6.62. The number of carbonyl (C=O) groups is 1. The number of aliphatic hydroxyl groups excluding tert-OH is 1. The van der Waals surface area contributed by atoms with Gasteiger partial charge in [-0.25, -0.2) is 4.79 Å². The van der Waals surface area contributed by atoms with E-state index in [9.17, 15) is 4.79 Å². The number of hydrogen-bond acceptors (Lipinski definition) is 6. The van der Waals surface area contributed by atoms with Gasteiger partial charge in [-0.15, -0.1) is 11.3 Å². The summed E-state index contributed by atoms with van der Waals surface area (Å²) in [5.41, 5.74) is 0.626. The molecule has 1 N–H and O–H groups in total. The van der Waals surface area contributed by atoms with Gasteiger partial charge in [0.25, 0.3) is 0 Å². The first-order valence-electron chi connectivity index (χ1n) is 8.02. The lowest BCUT2D eigenvalue weighted by molar-refractivity contribution is 0.0602. The highest BCUT2D eigenvalue weighted by atomic mass is 32.1. The van der Waals surface area contributed by atoms with Crippen LogP contribution in [0.4, 0.5) is 0 Å². The second-order valence-electron chi connectivity index (χ2n) is 5.48. The second kappa shape index (κ2) is 8.89. The van der Waals surface area contributed by atoms with E-state index in [0.29, 0.717) is 17.1 Å². The number of aliphatic hydroxyl groups is 1. The van der Waals surface area contributed by atoms with Crippen LogP contribution in [0.15, 0.2) is 12.1 Å². The monoisotopic (exact) mass is 352 g/mol. The highest BCUT2D eigenvalue weighted by molar-refractivity contribution is 7.19. The van der Waals surface area contributed by atoms with Crippen LogP contribution < -0.4 is 9.47 Å². The number of esters is 1. The lowest BCUT2D eigenvalue weighted by Gasteiger charge is -2.08. The van der Waals surface area contributed by atoms with Gasteiger partial charge in [-0.2, -0.15) is 0 Å². The number of aryl methyl sites for hydroxylation is 1. The van der Waals surface area contributed by atoms with Crippen molar-refractivity contribution in [2.75, 3.05) is 27.9 Å². The summed E-state index contributed by atoms with van der Waals surface area (Å²) < 4.78 is 16.7. The Hall–Kier alpha value is -1.79. The predicted molar refractivity (Wildman–Crippen MR) is 95.5 cm³/mol. The molecular weight excluding hydrogens is 328 g/mol. The Kier molecular flexibility index (Phi) is 6.87. The number of hydrogen-bond donors (Lipinski definition) is 1. The van der Waals surface area contributed by atoms with Crippen LogP contribution in [0.3, 0.4) is 0 Å². The number of rotatable bonds is 9. The smallest absolute Gasteiger partial charge is 0.339 e. The van der Waals surface area contributed by atoms with Gasteiger partial charge < -0.3 is 19.3 Å². The maximum Gasteiger partial charge on any atom is 0.339 e. The molecule has 2 aromatic rings. The van der Waals surface area contributed by atoms with Gasteiger partial charge in [-0.05, 0) is 25.3 Å². The fourth-order valence-corrected chi connectivity index (χ4v) is 3.97. The van der Waals surface area contributed by atoms with E-state index < -0.39 is 0 Å². The third-order valence-corrected chi connectivity index (χ3v) is 5.18. The van der Waals surface area contributed by atoms with Crippen molar-refractivity contribution in [3.8, 4) is 11.5 Å². The van der Waals surface area contributed by atoms with E-state index in [4.69, 9.17) is 19.3 Å². The van der Waals surface area contributed by atoms with Gasteiger partial charge >= 0.3 is 5.97 Å². The summed E-state index contributed by atoms with van der Waals surface area (Å²) in [7, 11) is 4.58. The maximum atomic E-state index is 12.3. The molecule has 132 valence electrons. The van der Waals surface area contributed by atoms with Crippen LogP contribution in [-0.4, -0.2) is 39.0 Å². The standard InChI is InChI=1S/C18H24O5S/c1-21-13-10-12-16(11-14(13)22-2)24-15(17(12)18(20)23-3)8-6-4-5-7-9-19/h10-11,19H,4-9H2,1-3H3. The fraction of sp³-hybridized carbons (Fsp3) is 0.500. The molecule has 0 saturated carbocycles. The minimum absolute atomic E-state index is 0.232. The summed E-state index contributed by atoms with van der Waals surface area (Å²) in [5.74, 6) is 0.929. The van der Waals surface area contributed by atoms with Crippen molar-refractivity contribution in [3.05, 3.63) is 22.6 Å². The number of carbonyl (C=O) groups excluding carboxylic acids is 1. The lowest BCUT2D eigenvalue weighted by Crippen LogP contribution is -2.03. The molecule has 2 rings (SSSR count). The highest BCUT2D eigenvalue weighted by Crippen LogP contribution is 2.40. The number of thiophene rings is 1. The molecule has 0 amide bonds. The molecule has 0 saturated heterocycles. The summed E-state index contributed by atoms with van der Waals surface area (Å²) in [6.07, 6.45) is 4.65. The predicted octanol–water partition coefficient (Wildman–Crippen LogP) is 3.80. The molecular formula is C18H24O5S. The number of fused-ring (bicyclic) bond motifs is 1. The Balaban J connectivity index is 2.36. The van der Waals surface area contributed by atoms with E-state index >= 15 is 0 Å². The number of ether oxygens (including phenoxy) is 3. The first-order chi connectivity index (χ1) is 11.7. The van der Waals surface area contributed by atoms with Crippen LogP contribution in [-0.2, 0) is 11.2 Å². The third-order valence-electron chi connectivity index (χ3n) is 3.97. The van der Waals surface area contributed by atoms with E-state index in [1.165, 1.54) is 7.11 Å². The molecule has 1 aromatic heterocycles. The number of unbranched alkanes of at least 4 members (excludes halogenated alkanes) is 3. The molecule has 0 spiro atoms. The topological polar surface area (TPSA) is 65.0 Å². The molecule has 0 aliphatic rings. The summed E-state index contributed by atoms with van der Waals surface area (Å²) in [6.45, 7) is 0.232. The Labute approximate surface area is 146 Å². The molecule has 0 aliphatic heterocycles. The molecule has 0 fully saturated rings. The van der Waals surface area contributed by atoms with Crippen LogP contribution in [0.5, 0.6) is 11.5 Å². The average Bonchev–Trinajstić information content (AvgIpc) is 2.96. The van der Waals surface area contributed by atoms with Crippen molar-refractivity contribution < 1.29 is 24.1 Å². The van der Waals surface area contributed by atoms with Crippen LogP contribution in [0.1, 0.15) is 40.9 Å². The SMILES string of the molecule is COC(=O)c1c(CCCCCCO)sc2cc(OC)c(OC)cc12. The van der Waals surface area contributed by atoms with Gasteiger partial charge in [0.05, 0.1) is 26.9 Å². The summed E-state index contributed by atoms with van der Waals surface area (Å²) in [6, 6.07) is 3.74. The Morgan fingerprint density at radius 3 is 2.33 bits per heavy atom. The molecule has 0 atom stereocenters. The zero-order valence-electron chi connectivity index (χ0n) is 14.4. The minimum Gasteiger partial charge on any atom is -0.493 e. The van der Waals surface area contributed by atoms with Crippen LogP contribution in [0.2, 0.25) is 0 Å². The summed E-state index contributed by atoms with van der Waals surface area (Å²) >= 11 is 1.59. The summed E-state index contributed by atoms with van der Waals surface area (Å²) in [4.78, 5) is 13.3. The fourth-order valence-electron chi connectivity index (χ4n) is 2.73. The molecule has 1 aromatic carbocycles. The van der Waals surface area contributed by atoms with Gasteiger partial charge in [0.2, 0.25) is 0 Å². The number of benzene rings is 1. The first-order valence-corrected chi connectivity index (χ1v) is 8.84. The van der Waals surface area contributed by atoms with Gasteiger partial charge in [0.15, 0.2) is 11.5 Å². The van der Waals surface area contributed by atoms with Crippen molar-refractivity contribution in [1.82, 2.24) is 0 Å². The van der Waals surface area contributed by atoms with E-state index in [2.05, 4.69) is 0 Å². The third kappa shape index (κ3) is 3.99. The Morgan fingerprint density at radius 2 is 1.71 bits per heavy atom. The van der Waals surface area contributed by atoms with Gasteiger partial charge in [0.1, 0.15) is 0 Å². The van der Waals surface area contributed by atoms with E-state index in [1.54, 1.807) is 25.6 Å². The normalized spacial score (nSPS) is 10.8. The summed E-state index contributed by atoms with van der Waals surface area (Å²) in [5, 5.41) is 9.69. The van der Waals surface area contributed by atoms with Crippen molar-refractivity contribution in [3.63, 3.8) is 0 Å². The van der Waals surface area contributed by atoms with Crippen molar-refractivity contribution >= 4 is 27.4 Å². The highest BCUT2D eigenvalue weighted by Gasteiger charge is 2.21. The van der Waals surface area contributed by atoms with Crippen molar-refractivity contribution in [2.24, 2.45) is 0 Å². The quantitative estimate of drug-likeness (QED) is 0.549. The molecule has 0 radical (unpaired) electrons. The first kappa shape index (κ1) is 18.5. The molecule has 1 heterocycles. The Morgan fingerprint density at radius 1 is 1.04 bits per heavy atom. The largest absolute Gasteiger partial charge is 0.493 e. The van der Waals surface area contributed by atoms with E-state index in [1.807, 2.05) is 12.1 Å². The van der Waals surface area contributed by atoms with Crippen molar-refractivity contribution in [2.45, 2.75) is 32.1 Å². The lowest BCUT2D eigenvalue weighted by atomic mass is 10.1. The van der Waals surface area contributed by atoms with Gasteiger partial charge in [-0.1, -0.05) is 12.8 Å². The molecule has 0 unspecified atom stereocenters. The minimum atomic E-state index is -0.321. The molecule has 0 bridgehead atoms. The maximum absolute atomic E-state index is 12.3. The van der Waals surface area contributed by atoms with Crippen LogP contribution in [0.25, 0.3) is 10.1 Å². The van der Waals surface area contributed by atoms with E-state index in [0.717, 1.165) is 47.1 Å². The number of methoxy groups -OCH3 is 3. The molecule has 5 nitrogen and oxygen atoms in total. The molecule has 6 heteroatoms. The Bertz CT molecular complexity index is 692. The van der Waals surface area contributed by atoms with Crippen molar-refractivity contribution in [1.29, 1.82) is 0 Å². The van der Waals surface area contributed by atoms with E-state index in [-0.39, 0.29) is 12.6 Å².